The number of amides is 3. The van der Waals surface area contributed by atoms with Crippen LogP contribution in [0.5, 0.6) is 0 Å². The number of anilines is 2. The number of aromatic carboxylic acids is 1. The first-order valence-corrected chi connectivity index (χ1v) is 38.1. The Balaban J connectivity index is 0.000000279. The molecule has 25 nitrogen and oxygen atoms in total. The van der Waals surface area contributed by atoms with E-state index in [9.17, 15) is 36.0 Å². The highest BCUT2D eigenvalue weighted by Gasteiger charge is 2.45. The molecule has 6 N–H and O–H groups in total. The first kappa shape index (κ1) is 84.2. The van der Waals surface area contributed by atoms with Crippen LogP contribution in [0.3, 0.4) is 0 Å². The summed E-state index contributed by atoms with van der Waals surface area (Å²) in [5, 5.41) is 20.1. The average molecular weight is 1500 g/mol. The van der Waals surface area contributed by atoms with E-state index in [1.165, 1.54) is 24.5 Å². The Labute approximate surface area is 619 Å². The number of hydrogen-bond acceptors (Lipinski definition) is 20. The number of halogens is 2. The van der Waals surface area contributed by atoms with Crippen molar-refractivity contribution >= 4 is 78.9 Å². The lowest BCUT2D eigenvalue weighted by Crippen LogP contribution is -2.45. The Kier molecular flexibility index (Phi) is 26.4. The molecule has 29 heteroatoms. The molecule has 8 rings (SSSR count). The Morgan fingerprint density at radius 3 is 1.29 bits per heavy atom. The van der Waals surface area contributed by atoms with E-state index in [0.717, 1.165) is 48.2 Å². The van der Waals surface area contributed by atoms with E-state index in [4.69, 9.17) is 47.9 Å². The molecule has 0 aliphatic carbocycles. The first-order chi connectivity index (χ1) is 47.0. The molecule has 0 spiro atoms. The molecule has 0 saturated carbocycles. The second-order valence-corrected chi connectivity index (χ2v) is 37.6. The Morgan fingerprint density at radius 2 is 0.942 bits per heavy atom. The maximum atomic E-state index is 13.4. The van der Waals surface area contributed by atoms with Gasteiger partial charge >= 0.3 is 18.2 Å². The smallest absolute Gasteiger partial charge is 0.410 e. The molecule has 2 saturated heterocycles. The quantitative estimate of drug-likeness (QED) is 0.0530. The summed E-state index contributed by atoms with van der Waals surface area (Å²) in [6.07, 6.45) is 10.0. The number of carbonyl (C=O) groups excluding carboxylic acids is 3. The zero-order chi connectivity index (χ0) is 77.6. The van der Waals surface area contributed by atoms with Crippen LogP contribution in [0.1, 0.15) is 258 Å². The molecule has 6 aromatic heterocycles. The van der Waals surface area contributed by atoms with Crippen LogP contribution >= 0.6 is 23.2 Å². The minimum Gasteiger partial charge on any atom is -0.478 e. The van der Waals surface area contributed by atoms with Crippen LogP contribution in [0.15, 0.2) is 95.5 Å². The van der Waals surface area contributed by atoms with Gasteiger partial charge in [-0.15, -0.1) is 0 Å². The summed E-state index contributed by atoms with van der Waals surface area (Å²) >= 11 is 12.0. The Hall–Kier alpha value is -7.72. The van der Waals surface area contributed by atoms with Gasteiger partial charge in [-0.25, -0.2) is 62.6 Å². The van der Waals surface area contributed by atoms with Gasteiger partial charge in [-0.1, -0.05) is 118 Å². The molecule has 8 heterocycles. The maximum Gasteiger partial charge on any atom is 0.410 e. The second-order valence-electron chi connectivity index (χ2n) is 33.7. The van der Waals surface area contributed by atoms with Crippen molar-refractivity contribution in [1.82, 2.24) is 54.4 Å². The highest BCUT2D eigenvalue weighted by atomic mass is 35.5. The number of carboxylic acid groups (broad SMARTS) is 1. The number of carbonyl (C=O) groups is 4. The number of primary sulfonamides is 1. The zero-order valence-corrected chi connectivity index (χ0v) is 66.8. The highest BCUT2D eigenvalue weighted by Crippen LogP contribution is 2.41. The van der Waals surface area contributed by atoms with Gasteiger partial charge in [-0.2, -0.15) is 8.42 Å². The van der Waals surface area contributed by atoms with Crippen LogP contribution in [-0.2, 0) is 51.2 Å². The van der Waals surface area contributed by atoms with E-state index in [1.54, 1.807) is 30.5 Å². The van der Waals surface area contributed by atoms with Crippen molar-refractivity contribution in [3.63, 3.8) is 0 Å². The Morgan fingerprint density at radius 1 is 0.563 bits per heavy atom. The lowest BCUT2D eigenvalue weighted by molar-refractivity contribution is 0.0118. The van der Waals surface area contributed by atoms with Crippen LogP contribution in [0.4, 0.5) is 21.2 Å². The molecule has 0 aromatic carbocycles. The van der Waals surface area contributed by atoms with Gasteiger partial charge in [-0.05, 0) is 190 Å². The van der Waals surface area contributed by atoms with Crippen LogP contribution in [0.2, 0.25) is 10.3 Å². The molecular weight excluding hydrogens is 1400 g/mol. The molecule has 2 fully saturated rings. The van der Waals surface area contributed by atoms with Gasteiger partial charge in [-0.3, -0.25) is 14.8 Å². The average Bonchev–Trinajstić information content (AvgIpc) is 1.70. The fourth-order valence-electron chi connectivity index (χ4n) is 11.7. The molecule has 2 aliphatic rings. The number of nitrogens with zero attached hydrogens (tertiary/aromatic N) is 10. The second kappa shape index (κ2) is 32.3. The molecule has 2 aliphatic heterocycles. The molecule has 6 aromatic rings. The predicted molar refractivity (Wildman–Crippen MR) is 400 cm³/mol. The van der Waals surface area contributed by atoms with Gasteiger partial charge in [0, 0.05) is 59.8 Å². The molecule has 3 amide bonds. The summed E-state index contributed by atoms with van der Waals surface area (Å²) < 4.78 is 63.9. The van der Waals surface area contributed by atoms with Crippen molar-refractivity contribution in [3.05, 3.63) is 141 Å². The third-order valence-electron chi connectivity index (χ3n) is 17.1. The van der Waals surface area contributed by atoms with Crippen molar-refractivity contribution in [2.75, 3.05) is 23.7 Å². The third-order valence-corrected chi connectivity index (χ3v) is 19.7. The van der Waals surface area contributed by atoms with Crippen LogP contribution in [0, 0.1) is 11.8 Å². The largest absolute Gasteiger partial charge is 0.478 e. The van der Waals surface area contributed by atoms with E-state index in [1.807, 2.05) is 116 Å². The van der Waals surface area contributed by atoms with E-state index >= 15 is 0 Å². The standard InChI is InChI=1S/C37H52ClN7O5S.C28H43N5O4S.C9H11ClN2O2/c1-34(2,3)24-17-18-39-27(19-24)26(16-15-23-20-37(10,11)45(22-23)33(47)50-36(7,8)9)41-28-13-12-14-29(42-28)51(48,49)44-31(46)25-21-40-32(35(4,5)6)43-30(25)38;1-26(2,3)20-14-15-30-22(16-20)21(31-23-10-9-11-24(32-23)38(29,35)36)13-12-19-17-28(7,8)33(18-19)25(34)37-27(4,5)6;1-9(2,3)8-11-4-5(7(13)14)6(10)12-8/h12-14,17-19,21,23,26H,15-16,20,22H2,1-11H3,(H,41,42)(H,44,46);9-11,14-16,19,21H,12-13,17-18H2,1-8H3,(H,31,32)(H2,29,35,36);4H,1-3H3,(H,13,14)/t23-,26?;19-,21?;/m00./s1. The first-order valence-electron chi connectivity index (χ1n) is 34.3. The van der Waals surface area contributed by atoms with Gasteiger partial charge in [0.25, 0.3) is 26.0 Å². The van der Waals surface area contributed by atoms with Gasteiger partial charge in [0.1, 0.15) is 50.4 Å². The SMILES string of the molecule is CC(C)(C)OC(=O)N1C[C@@H](CCC(Nc2cccc(S(=O)(=O)NC(=O)c3cnc(C(C)(C)C)nc3Cl)n2)c2cc(C(C)(C)C)ccn2)CC1(C)C.CC(C)(C)OC(=O)N1C[C@@H](CCC(Nc2cccc(S(N)(=O)=O)n2)c2cc(C(C)(C)C)ccn2)CC1(C)C.CC(C)(C)c1ncc(C(=O)O)c(Cl)n1. The summed E-state index contributed by atoms with van der Waals surface area (Å²) in [5.74, 6) is 0.0380. The van der Waals surface area contributed by atoms with E-state index in [-0.39, 0.29) is 101 Å². The molecular formula is C74H106Cl2N14O11S2. The van der Waals surface area contributed by atoms with Crippen LogP contribution in [-0.4, -0.2) is 131 Å². The summed E-state index contributed by atoms with van der Waals surface area (Å²) in [6, 6.07) is 16.8. The van der Waals surface area contributed by atoms with E-state index in [2.05, 4.69) is 127 Å². The van der Waals surface area contributed by atoms with Gasteiger partial charge in [0.15, 0.2) is 10.1 Å². The lowest BCUT2D eigenvalue weighted by atomic mass is 9.86. The minimum atomic E-state index is -4.41. The number of ether oxygens (including phenoxy) is 2. The molecule has 4 atom stereocenters. The van der Waals surface area contributed by atoms with E-state index < -0.39 is 48.5 Å². The number of hydrogen-bond donors (Lipinski definition) is 5. The number of nitrogens with one attached hydrogen (secondary N) is 3. The van der Waals surface area contributed by atoms with Crippen molar-refractivity contribution in [1.29, 1.82) is 0 Å². The van der Waals surface area contributed by atoms with Crippen molar-refractivity contribution in [2.45, 2.75) is 257 Å². The third kappa shape index (κ3) is 24.4. The highest BCUT2D eigenvalue weighted by molar-refractivity contribution is 7.90. The van der Waals surface area contributed by atoms with Gasteiger partial charge in [0.05, 0.1) is 29.0 Å². The van der Waals surface area contributed by atoms with Crippen molar-refractivity contribution in [2.24, 2.45) is 17.0 Å². The van der Waals surface area contributed by atoms with Crippen molar-refractivity contribution < 1.29 is 50.6 Å². The summed E-state index contributed by atoms with van der Waals surface area (Å²) in [6.45, 7) is 44.9. The normalized spacial score (nSPS) is 17.0. The van der Waals surface area contributed by atoms with Gasteiger partial charge < -0.3 is 35.0 Å². The molecule has 0 radical (unpaired) electrons. The Bertz CT molecular complexity index is 4250. The summed E-state index contributed by atoms with van der Waals surface area (Å²) in [4.78, 5) is 87.5. The number of rotatable bonds is 17. The van der Waals surface area contributed by atoms with Crippen LogP contribution < -0.4 is 20.5 Å². The number of pyridine rings is 4. The number of sulfonamides is 2. The maximum absolute atomic E-state index is 13.4. The molecule has 0 bridgehead atoms. The zero-order valence-electron chi connectivity index (χ0n) is 63.7. The molecule has 2 unspecified atom stereocenters. The number of nitrogens with two attached hydrogens (primary N) is 1. The molecule has 103 heavy (non-hydrogen) atoms. The molecule has 564 valence electrons. The minimum absolute atomic E-state index is 0.0163. The summed E-state index contributed by atoms with van der Waals surface area (Å²) in [7, 11) is -8.34. The van der Waals surface area contributed by atoms with Gasteiger partial charge in [0.2, 0.25) is 0 Å². The number of likely N-dealkylation sites (tertiary alicyclic amines) is 2. The topological polar surface area (TPSA) is 347 Å². The lowest BCUT2D eigenvalue weighted by Gasteiger charge is -2.33. The van der Waals surface area contributed by atoms with Crippen molar-refractivity contribution in [3.8, 4) is 0 Å². The monoisotopic (exact) mass is 1500 g/mol. The summed E-state index contributed by atoms with van der Waals surface area (Å²) in [5.41, 5.74) is 0.956. The fourth-order valence-corrected chi connectivity index (χ4v) is 13.5. The number of carboxylic acids is 1. The van der Waals surface area contributed by atoms with E-state index in [0.29, 0.717) is 43.4 Å². The number of aromatic nitrogens is 8. The van der Waals surface area contributed by atoms with Crippen LogP contribution in [0.25, 0.3) is 0 Å². The fraction of sp³-hybridized carbons (Fsp3) is 0.568. The predicted octanol–water partition coefficient (Wildman–Crippen LogP) is 15.1.